The van der Waals surface area contributed by atoms with Crippen LogP contribution >= 0.6 is 0 Å². The van der Waals surface area contributed by atoms with Crippen molar-refractivity contribution in [3.8, 4) is 6.07 Å². The predicted molar refractivity (Wildman–Crippen MR) is 74.5 cm³/mol. The van der Waals surface area contributed by atoms with Crippen molar-refractivity contribution < 1.29 is 4.79 Å². The van der Waals surface area contributed by atoms with E-state index in [0.29, 0.717) is 25.1 Å². The minimum absolute atomic E-state index is 0.0582. The number of benzene rings is 1. The van der Waals surface area contributed by atoms with E-state index in [1.807, 2.05) is 24.4 Å². The number of carbonyl (C=O) groups is 1. The summed E-state index contributed by atoms with van der Waals surface area (Å²) in [6.07, 6.45) is 3.95. The van der Waals surface area contributed by atoms with E-state index in [9.17, 15) is 4.79 Å². The van der Waals surface area contributed by atoms with Gasteiger partial charge in [-0.1, -0.05) is 12.1 Å². The number of aryl methyl sites for hydroxylation is 1. The van der Waals surface area contributed by atoms with Crippen LogP contribution in [0.3, 0.4) is 0 Å². The number of aromatic nitrogens is 2. The summed E-state index contributed by atoms with van der Waals surface area (Å²) in [6.45, 7) is 1.09. The maximum Gasteiger partial charge on any atom is 0.224 e. The van der Waals surface area contributed by atoms with Gasteiger partial charge in [-0.25, -0.2) is 0 Å². The van der Waals surface area contributed by atoms with Crippen LogP contribution in [0.4, 0.5) is 0 Å². The lowest BCUT2D eigenvalue weighted by molar-refractivity contribution is -0.130. The van der Waals surface area contributed by atoms with E-state index >= 15 is 0 Å². The molecule has 1 amide bonds. The molecule has 1 heterocycles. The van der Waals surface area contributed by atoms with E-state index in [0.717, 1.165) is 5.56 Å². The average molecular weight is 268 g/mol. The zero-order valence-electron chi connectivity index (χ0n) is 11.4. The van der Waals surface area contributed by atoms with Crippen LogP contribution in [-0.2, 0) is 17.9 Å². The Morgan fingerprint density at radius 2 is 2.30 bits per heavy atom. The highest BCUT2D eigenvalue weighted by Gasteiger charge is 2.09. The van der Waals surface area contributed by atoms with Crippen molar-refractivity contribution in [2.24, 2.45) is 0 Å². The first kappa shape index (κ1) is 13.8. The van der Waals surface area contributed by atoms with Crippen LogP contribution < -0.4 is 0 Å². The molecular weight excluding hydrogens is 252 g/mol. The molecule has 0 fully saturated rings. The maximum atomic E-state index is 12.0. The molecule has 0 bridgehead atoms. The van der Waals surface area contributed by atoms with Gasteiger partial charge in [-0.15, -0.1) is 0 Å². The molecule has 0 atom stereocenters. The molecule has 0 aliphatic heterocycles. The fourth-order valence-electron chi connectivity index (χ4n) is 1.94. The smallest absolute Gasteiger partial charge is 0.224 e. The van der Waals surface area contributed by atoms with Gasteiger partial charge >= 0.3 is 0 Å². The number of nitriles is 1. The van der Waals surface area contributed by atoms with Crippen molar-refractivity contribution in [1.82, 2.24) is 14.7 Å². The Morgan fingerprint density at radius 3 is 3.00 bits per heavy atom. The van der Waals surface area contributed by atoms with Gasteiger partial charge in [0.2, 0.25) is 5.91 Å². The van der Waals surface area contributed by atoms with Crippen LogP contribution in [-0.4, -0.2) is 27.6 Å². The van der Waals surface area contributed by atoms with Crippen molar-refractivity contribution in [3.05, 3.63) is 53.9 Å². The highest BCUT2D eigenvalue weighted by atomic mass is 16.2. The molecule has 1 aromatic carbocycles. The Bertz CT molecular complexity index is 613. The molecule has 2 aromatic rings. The topological polar surface area (TPSA) is 61.9 Å². The molecule has 2 rings (SSSR count). The lowest BCUT2D eigenvalue weighted by Gasteiger charge is -2.17. The molecule has 0 aliphatic rings. The number of rotatable bonds is 5. The van der Waals surface area contributed by atoms with Gasteiger partial charge in [0.25, 0.3) is 0 Å². The summed E-state index contributed by atoms with van der Waals surface area (Å²) in [7, 11) is 1.77. The second-order valence-electron chi connectivity index (χ2n) is 4.58. The third-order valence-electron chi connectivity index (χ3n) is 3.02. The second-order valence-corrected chi connectivity index (χ2v) is 4.58. The molecule has 20 heavy (non-hydrogen) atoms. The summed E-state index contributed by atoms with van der Waals surface area (Å²) in [5, 5.41) is 12.9. The first-order valence-corrected chi connectivity index (χ1v) is 6.39. The van der Waals surface area contributed by atoms with E-state index in [-0.39, 0.29) is 5.91 Å². The monoisotopic (exact) mass is 268 g/mol. The van der Waals surface area contributed by atoms with Gasteiger partial charge in [-0.05, 0) is 23.8 Å². The normalized spacial score (nSPS) is 10.0. The Labute approximate surface area is 118 Å². The number of amides is 1. The number of carbonyl (C=O) groups excluding carboxylic acids is 1. The van der Waals surface area contributed by atoms with Crippen LogP contribution in [0.2, 0.25) is 0 Å². The van der Waals surface area contributed by atoms with Gasteiger partial charge in [-0.3, -0.25) is 9.48 Å². The summed E-state index contributed by atoms with van der Waals surface area (Å²) in [5.74, 6) is 0.0582. The molecule has 0 spiro atoms. The van der Waals surface area contributed by atoms with E-state index in [4.69, 9.17) is 5.26 Å². The number of hydrogen-bond acceptors (Lipinski definition) is 3. The van der Waals surface area contributed by atoms with Crippen LogP contribution in [0.1, 0.15) is 17.5 Å². The molecule has 0 aliphatic carbocycles. The molecular formula is C15H16N4O. The van der Waals surface area contributed by atoms with Gasteiger partial charge in [0.05, 0.1) is 11.6 Å². The van der Waals surface area contributed by atoms with E-state index in [1.54, 1.807) is 35.0 Å². The molecule has 0 saturated carbocycles. The second kappa shape index (κ2) is 6.53. The van der Waals surface area contributed by atoms with Crippen LogP contribution in [0.5, 0.6) is 0 Å². The Balaban J connectivity index is 1.88. The van der Waals surface area contributed by atoms with Crippen LogP contribution in [0.25, 0.3) is 0 Å². The Morgan fingerprint density at radius 1 is 1.45 bits per heavy atom. The zero-order valence-corrected chi connectivity index (χ0v) is 11.4. The summed E-state index contributed by atoms with van der Waals surface area (Å²) in [5.41, 5.74) is 1.57. The lowest BCUT2D eigenvalue weighted by Crippen LogP contribution is -2.27. The fourth-order valence-corrected chi connectivity index (χ4v) is 1.94. The molecule has 0 saturated heterocycles. The van der Waals surface area contributed by atoms with Gasteiger partial charge in [0, 0.05) is 39.0 Å². The molecule has 0 unspecified atom stereocenters. The predicted octanol–water partition coefficient (Wildman–Crippen LogP) is 1.80. The lowest BCUT2D eigenvalue weighted by atomic mass is 10.1. The van der Waals surface area contributed by atoms with Crippen molar-refractivity contribution >= 4 is 5.91 Å². The maximum absolute atomic E-state index is 12.0. The van der Waals surface area contributed by atoms with E-state index < -0.39 is 0 Å². The fraction of sp³-hybridized carbons (Fsp3) is 0.267. The summed E-state index contributed by atoms with van der Waals surface area (Å²) < 4.78 is 1.74. The Kier molecular flexibility index (Phi) is 4.51. The number of nitrogens with zero attached hydrogens (tertiary/aromatic N) is 4. The summed E-state index contributed by atoms with van der Waals surface area (Å²) >= 11 is 0. The minimum Gasteiger partial charge on any atom is -0.341 e. The largest absolute Gasteiger partial charge is 0.341 e. The first-order valence-electron chi connectivity index (χ1n) is 6.39. The molecule has 0 radical (unpaired) electrons. The van der Waals surface area contributed by atoms with E-state index in [1.165, 1.54) is 0 Å². The van der Waals surface area contributed by atoms with Gasteiger partial charge < -0.3 is 4.90 Å². The standard InChI is InChI=1S/C15H16N4O/c1-18(12-14-5-2-4-13(10-14)11-16)15(20)6-9-19-8-3-7-17-19/h2-5,7-8,10H,6,9,12H2,1H3. The molecule has 5 heteroatoms. The van der Waals surface area contributed by atoms with E-state index in [2.05, 4.69) is 11.2 Å². The van der Waals surface area contributed by atoms with Crippen molar-refractivity contribution in [2.75, 3.05) is 7.05 Å². The SMILES string of the molecule is CN(Cc1cccc(C#N)c1)C(=O)CCn1cccn1. The molecule has 0 N–H and O–H groups in total. The van der Waals surface area contributed by atoms with Crippen LogP contribution in [0.15, 0.2) is 42.7 Å². The first-order chi connectivity index (χ1) is 9.69. The Hall–Kier alpha value is -2.61. The quantitative estimate of drug-likeness (QED) is 0.830. The molecule has 1 aromatic heterocycles. The highest BCUT2D eigenvalue weighted by molar-refractivity contribution is 5.75. The van der Waals surface area contributed by atoms with Crippen molar-refractivity contribution in [3.63, 3.8) is 0 Å². The zero-order chi connectivity index (χ0) is 14.4. The van der Waals surface area contributed by atoms with Crippen LogP contribution in [0, 0.1) is 11.3 Å². The average Bonchev–Trinajstić information content (AvgIpc) is 2.98. The van der Waals surface area contributed by atoms with Gasteiger partial charge in [0.1, 0.15) is 0 Å². The van der Waals surface area contributed by atoms with Gasteiger partial charge in [-0.2, -0.15) is 10.4 Å². The van der Waals surface area contributed by atoms with Crippen molar-refractivity contribution in [1.29, 1.82) is 5.26 Å². The third kappa shape index (κ3) is 3.69. The van der Waals surface area contributed by atoms with Crippen molar-refractivity contribution in [2.45, 2.75) is 19.5 Å². The minimum atomic E-state index is 0.0582. The molecule has 102 valence electrons. The summed E-state index contributed by atoms with van der Waals surface area (Å²) in [6, 6.07) is 11.2. The summed E-state index contributed by atoms with van der Waals surface area (Å²) in [4.78, 5) is 13.7. The third-order valence-corrected chi connectivity index (χ3v) is 3.02. The molecule has 5 nitrogen and oxygen atoms in total. The number of hydrogen-bond donors (Lipinski definition) is 0. The van der Waals surface area contributed by atoms with Gasteiger partial charge in [0.15, 0.2) is 0 Å². The highest BCUT2D eigenvalue weighted by Crippen LogP contribution is 2.08.